The lowest BCUT2D eigenvalue weighted by molar-refractivity contribution is 0.115. The van der Waals surface area contributed by atoms with E-state index in [9.17, 15) is 10.2 Å². The van der Waals surface area contributed by atoms with Crippen LogP contribution in [0.1, 0.15) is 16.9 Å². The smallest absolute Gasteiger partial charge is 0.127 e. The van der Waals surface area contributed by atoms with Gasteiger partial charge in [0.25, 0.3) is 0 Å². The van der Waals surface area contributed by atoms with Crippen molar-refractivity contribution in [1.29, 1.82) is 0 Å². The first-order valence-electron chi connectivity index (χ1n) is 8.82. The maximum atomic E-state index is 9.26. The zero-order valence-corrected chi connectivity index (χ0v) is 17.3. The minimum Gasteiger partial charge on any atom is -0.457 e. The number of hydrogen-bond acceptors (Lipinski definition) is 6. The van der Waals surface area contributed by atoms with E-state index in [-0.39, 0.29) is 25.6 Å². The van der Waals surface area contributed by atoms with Gasteiger partial charge in [-0.25, -0.2) is 4.98 Å². The Kier molecular flexibility index (Phi) is 7.98. The molecule has 0 atom stereocenters. The second kappa shape index (κ2) is 10.0. The minimum absolute atomic E-state index is 0. The molecule has 0 bridgehead atoms. The SMILES string of the molecule is Cc1cnc(-c2ccc(Oc3ccc(CCC(N)(CO)CO)cc3)cc2)s1.Cl. The number of ether oxygens (including phenoxy) is 1. The molecule has 0 saturated heterocycles. The van der Waals surface area contributed by atoms with Gasteiger partial charge in [0.2, 0.25) is 0 Å². The molecule has 3 rings (SSSR count). The molecule has 4 N–H and O–H groups in total. The molecule has 1 heterocycles. The summed E-state index contributed by atoms with van der Waals surface area (Å²) in [4.78, 5) is 5.58. The molecule has 0 saturated carbocycles. The van der Waals surface area contributed by atoms with Gasteiger partial charge in [-0.1, -0.05) is 12.1 Å². The Morgan fingerprint density at radius 3 is 2.07 bits per heavy atom. The Hall–Kier alpha value is -1.96. The van der Waals surface area contributed by atoms with Crippen molar-refractivity contribution in [2.75, 3.05) is 13.2 Å². The zero-order valence-electron chi connectivity index (χ0n) is 15.7. The largest absolute Gasteiger partial charge is 0.457 e. The molecule has 0 fully saturated rings. The van der Waals surface area contributed by atoms with Crippen molar-refractivity contribution in [3.63, 3.8) is 0 Å². The van der Waals surface area contributed by atoms with Gasteiger partial charge in [-0.3, -0.25) is 0 Å². The molecule has 0 unspecified atom stereocenters. The van der Waals surface area contributed by atoms with E-state index < -0.39 is 5.54 Å². The van der Waals surface area contributed by atoms with Crippen molar-refractivity contribution in [3.05, 3.63) is 65.2 Å². The second-order valence-corrected chi connectivity index (χ2v) is 7.96. The molecule has 3 aromatic rings. The molecular weight excluding hydrogens is 396 g/mol. The Balaban J connectivity index is 0.00000280. The molecule has 0 spiro atoms. The fourth-order valence-corrected chi connectivity index (χ4v) is 3.39. The van der Waals surface area contributed by atoms with Crippen molar-refractivity contribution in [2.45, 2.75) is 25.3 Å². The molecule has 7 heteroatoms. The maximum Gasteiger partial charge on any atom is 0.127 e. The number of thiazole rings is 1. The number of aliphatic hydroxyl groups excluding tert-OH is 2. The summed E-state index contributed by atoms with van der Waals surface area (Å²) in [5.41, 5.74) is 7.12. The van der Waals surface area contributed by atoms with Gasteiger partial charge in [-0.05, 0) is 61.7 Å². The monoisotopic (exact) mass is 420 g/mol. The van der Waals surface area contributed by atoms with Crippen molar-refractivity contribution in [2.24, 2.45) is 5.73 Å². The molecule has 0 radical (unpaired) electrons. The van der Waals surface area contributed by atoms with Crippen molar-refractivity contribution in [3.8, 4) is 22.1 Å². The Morgan fingerprint density at radius 1 is 1.00 bits per heavy atom. The average molecular weight is 421 g/mol. The summed E-state index contributed by atoms with van der Waals surface area (Å²) in [5.74, 6) is 1.52. The summed E-state index contributed by atoms with van der Waals surface area (Å²) in [6.45, 7) is 1.58. The van der Waals surface area contributed by atoms with Gasteiger partial charge in [0.15, 0.2) is 0 Å². The first-order valence-corrected chi connectivity index (χ1v) is 9.63. The van der Waals surface area contributed by atoms with E-state index in [1.165, 1.54) is 4.88 Å². The van der Waals surface area contributed by atoms with Gasteiger partial charge in [-0.15, -0.1) is 23.7 Å². The Labute approximate surface area is 175 Å². The van der Waals surface area contributed by atoms with Gasteiger partial charge >= 0.3 is 0 Å². The third-order valence-electron chi connectivity index (χ3n) is 4.42. The minimum atomic E-state index is -0.938. The van der Waals surface area contributed by atoms with Gasteiger partial charge in [0.05, 0.1) is 18.8 Å². The summed E-state index contributed by atoms with van der Waals surface area (Å²) >= 11 is 1.67. The van der Waals surface area contributed by atoms with Gasteiger partial charge in [-0.2, -0.15) is 0 Å². The summed E-state index contributed by atoms with van der Waals surface area (Å²) in [5, 5.41) is 19.5. The quantitative estimate of drug-likeness (QED) is 0.513. The van der Waals surface area contributed by atoms with E-state index in [0.29, 0.717) is 12.8 Å². The standard InChI is InChI=1S/C21H24N2O3S.ClH/c1-15-12-23-20(27-15)17-4-8-19(9-5-17)26-18-6-2-16(3-7-18)10-11-21(22,13-24)14-25;/h2-9,12,24-25H,10-11,13-14,22H2,1H3;1H. The summed E-state index contributed by atoms with van der Waals surface area (Å²) in [6.07, 6.45) is 3.07. The van der Waals surface area contributed by atoms with Crippen LogP contribution >= 0.6 is 23.7 Å². The highest BCUT2D eigenvalue weighted by molar-refractivity contribution is 7.14. The Morgan fingerprint density at radius 2 is 1.57 bits per heavy atom. The second-order valence-electron chi connectivity index (χ2n) is 6.73. The normalized spacial score (nSPS) is 11.1. The predicted octanol–water partition coefficient (Wildman–Crippen LogP) is 3.95. The molecule has 28 heavy (non-hydrogen) atoms. The highest BCUT2D eigenvalue weighted by Gasteiger charge is 2.22. The van der Waals surface area contributed by atoms with Crippen LogP contribution in [0.4, 0.5) is 0 Å². The molecule has 0 aliphatic heterocycles. The fraction of sp³-hybridized carbons (Fsp3) is 0.286. The molecule has 0 amide bonds. The molecular formula is C21H25ClN2O3S. The van der Waals surface area contributed by atoms with Gasteiger partial charge < -0.3 is 20.7 Å². The fourth-order valence-electron chi connectivity index (χ4n) is 2.62. The molecule has 0 aliphatic carbocycles. The van der Waals surface area contributed by atoms with Crippen molar-refractivity contribution < 1.29 is 14.9 Å². The van der Waals surface area contributed by atoms with E-state index in [0.717, 1.165) is 27.6 Å². The summed E-state index contributed by atoms with van der Waals surface area (Å²) in [7, 11) is 0. The molecule has 1 aromatic heterocycles. The summed E-state index contributed by atoms with van der Waals surface area (Å²) in [6, 6.07) is 15.6. The van der Waals surface area contributed by atoms with Crippen LogP contribution in [-0.4, -0.2) is 33.9 Å². The number of benzene rings is 2. The maximum absolute atomic E-state index is 9.26. The number of nitrogens with two attached hydrogens (primary N) is 1. The zero-order chi connectivity index (χ0) is 19.3. The van der Waals surface area contributed by atoms with Gasteiger partial charge in [0, 0.05) is 16.6 Å². The molecule has 150 valence electrons. The predicted molar refractivity (Wildman–Crippen MR) is 115 cm³/mol. The third-order valence-corrected chi connectivity index (χ3v) is 5.38. The topological polar surface area (TPSA) is 88.6 Å². The first-order chi connectivity index (χ1) is 13.0. The van der Waals surface area contributed by atoms with Crippen LogP contribution in [0, 0.1) is 6.92 Å². The highest BCUT2D eigenvalue weighted by atomic mass is 35.5. The number of aromatic nitrogens is 1. The lowest BCUT2D eigenvalue weighted by Gasteiger charge is -2.24. The lowest BCUT2D eigenvalue weighted by Crippen LogP contribution is -2.47. The van der Waals surface area contributed by atoms with E-state index in [2.05, 4.69) is 4.98 Å². The number of aliphatic hydroxyl groups is 2. The number of hydrogen-bond donors (Lipinski definition) is 3. The molecule has 2 aromatic carbocycles. The van der Waals surface area contributed by atoms with Crippen LogP contribution in [0.5, 0.6) is 11.5 Å². The van der Waals surface area contributed by atoms with Crippen molar-refractivity contribution in [1.82, 2.24) is 4.98 Å². The van der Waals surface area contributed by atoms with Crippen LogP contribution in [-0.2, 0) is 6.42 Å². The summed E-state index contributed by atoms with van der Waals surface area (Å²) < 4.78 is 5.90. The van der Waals surface area contributed by atoms with Crippen LogP contribution in [0.2, 0.25) is 0 Å². The van der Waals surface area contributed by atoms with Crippen molar-refractivity contribution >= 4 is 23.7 Å². The average Bonchev–Trinajstić information content (AvgIpc) is 3.14. The first kappa shape index (κ1) is 22.3. The molecule has 5 nitrogen and oxygen atoms in total. The number of rotatable bonds is 8. The lowest BCUT2D eigenvalue weighted by atomic mass is 9.94. The Bertz CT molecular complexity index is 862. The third kappa shape index (κ3) is 5.77. The van der Waals surface area contributed by atoms with Gasteiger partial charge in [0.1, 0.15) is 16.5 Å². The van der Waals surface area contributed by atoms with Crippen LogP contribution < -0.4 is 10.5 Å². The van der Waals surface area contributed by atoms with E-state index >= 15 is 0 Å². The van der Waals surface area contributed by atoms with E-state index in [1.807, 2.05) is 61.7 Å². The van der Waals surface area contributed by atoms with Crippen LogP contribution in [0.3, 0.4) is 0 Å². The number of halogens is 1. The van der Waals surface area contributed by atoms with Crippen LogP contribution in [0.15, 0.2) is 54.7 Å². The van der Waals surface area contributed by atoms with E-state index in [4.69, 9.17) is 10.5 Å². The van der Waals surface area contributed by atoms with Crippen LogP contribution in [0.25, 0.3) is 10.6 Å². The number of aryl methyl sites for hydroxylation is 2. The highest BCUT2D eigenvalue weighted by Crippen LogP contribution is 2.28. The molecule has 0 aliphatic rings. The van der Waals surface area contributed by atoms with E-state index in [1.54, 1.807) is 11.3 Å². The number of nitrogens with zero attached hydrogens (tertiary/aromatic N) is 1.